The predicted octanol–water partition coefficient (Wildman–Crippen LogP) is 2.31. The minimum absolute atomic E-state index is 0.0129. The van der Waals surface area contributed by atoms with E-state index in [1.54, 1.807) is 60.7 Å². The van der Waals surface area contributed by atoms with E-state index in [9.17, 15) is 19.2 Å². The Balaban J connectivity index is 2.36. The smallest absolute Gasteiger partial charge is 0.298 e. The van der Waals surface area contributed by atoms with Crippen molar-refractivity contribution in [3.05, 3.63) is 102 Å². The van der Waals surface area contributed by atoms with Crippen LogP contribution in [0.2, 0.25) is 5.02 Å². The zero-order chi connectivity index (χ0) is 20.7. The molecule has 0 bridgehead atoms. The molecule has 2 aromatic carbocycles. The number of carbonyl (C=O) groups excluding carboxylic acids is 1. The lowest BCUT2D eigenvalue weighted by Crippen LogP contribution is -2.41. The second-order valence-electron chi connectivity index (χ2n) is 6.34. The van der Waals surface area contributed by atoms with Crippen LogP contribution in [0.25, 0.3) is 22.4 Å². The molecule has 0 radical (unpaired) electrons. The number of aromatic nitrogens is 3. The second-order valence-corrected chi connectivity index (χ2v) is 6.72. The maximum atomic E-state index is 13.4. The van der Waals surface area contributed by atoms with Gasteiger partial charge in [0.15, 0.2) is 6.29 Å². The summed E-state index contributed by atoms with van der Waals surface area (Å²) in [5.74, 6) is 0. The maximum Gasteiger partial charge on any atom is 0.341 e. The van der Waals surface area contributed by atoms with Crippen molar-refractivity contribution in [2.75, 3.05) is 0 Å². The number of aldehydes is 1. The van der Waals surface area contributed by atoms with Crippen molar-refractivity contribution in [2.45, 2.75) is 0 Å². The fourth-order valence-corrected chi connectivity index (χ4v) is 3.62. The molecule has 2 aromatic heterocycles. The number of carbonyl (C=O) groups is 1. The van der Waals surface area contributed by atoms with Gasteiger partial charge in [-0.3, -0.25) is 19.0 Å². The molecule has 0 atom stereocenters. The van der Waals surface area contributed by atoms with Crippen LogP contribution in [0.1, 0.15) is 10.4 Å². The number of halogens is 1. The summed E-state index contributed by atoms with van der Waals surface area (Å²) < 4.78 is 3.31. The number of para-hydroxylation sites is 2. The van der Waals surface area contributed by atoms with Gasteiger partial charge >= 0.3 is 5.69 Å². The van der Waals surface area contributed by atoms with E-state index in [0.29, 0.717) is 17.7 Å². The zero-order valence-electron chi connectivity index (χ0n) is 15.2. The van der Waals surface area contributed by atoms with E-state index in [2.05, 4.69) is 0 Å². The molecule has 0 amide bonds. The lowest BCUT2D eigenvalue weighted by atomic mass is 10.2. The third-order valence-electron chi connectivity index (χ3n) is 4.69. The number of hydrogen-bond acceptors (Lipinski definition) is 4. The summed E-state index contributed by atoms with van der Waals surface area (Å²) in [5, 5.41) is -0.374. The van der Waals surface area contributed by atoms with Crippen LogP contribution in [0.4, 0.5) is 0 Å². The Bertz CT molecular complexity index is 1440. The summed E-state index contributed by atoms with van der Waals surface area (Å²) in [6.07, 6.45) is 0.314. The minimum atomic E-state index is -0.716. The molecule has 0 saturated carbocycles. The first-order valence-electron chi connectivity index (χ1n) is 8.63. The average Bonchev–Trinajstić information content (AvgIpc) is 2.73. The van der Waals surface area contributed by atoms with E-state index in [1.165, 1.54) is 11.6 Å². The Labute approximate surface area is 168 Å². The van der Waals surface area contributed by atoms with Crippen LogP contribution in [0.15, 0.2) is 75.0 Å². The van der Waals surface area contributed by atoms with Gasteiger partial charge in [-0.15, -0.1) is 0 Å². The van der Waals surface area contributed by atoms with E-state index in [4.69, 9.17) is 11.6 Å². The summed E-state index contributed by atoms with van der Waals surface area (Å²) in [5.41, 5.74) is -1.62. The van der Waals surface area contributed by atoms with E-state index >= 15 is 0 Å². The highest BCUT2D eigenvalue weighted by Crippen LogP contribution is 2.22. The van der Waals surface area contributed by atoms with Crippen molar-refractivity contribution in [1.29, 1.82) is 0 Å². The van der Waals surface area contributed by atoms with Crippen LogP contribution in [0.3, 0.4) is 0 Å². The molecule has 0 unspecified atom stereocenters. The number of fused-ring (bicyclic) bond motifs is 1. The van der Waals surface area contributed by atoms with Crippen molar-refractivity contribution in [2.24, 2.45) is 7.05 Å². The molecular weight excluding hydrogens is 394 g/mol. The summed E-state index contributed by atoms with van der Waals surface area (Å²) in [6, 6.07) is 16.9. The average molecular weight is 408 g/mol. The summed E-state index contributed by atoms with van der Waals surface area (Å²) >= 11 is 6.32. The summed E-state index contributed by atoms with van der Waals surface area (Å²) in [6.45, 7) is 0. The van der Waals surface area contributed by atoms with Crippen LogP contribution in [0.5, 0.6) is 0 Å². The largest absolute Gasteiger partial charge is 0.341 e. The minimum Gasteiger partial charge on any atom is -0.298 e. The van der Waals surface area contributed by atoms with E-state index in [1.807, 2.05) is 0 Å². The van der Waals surface area contributed by atoms with Crippen molar-refractivity contribution in [3.63, 3.8) is 0 Å². The predicted molar refractivity (Wildman–Crippen MR) is 111 cm³/mol. The topological polar surface area (TPSA) is 83.1 Å². The van der Waals surface area contributed by atoms with Gasteiger partial charge in [-0.1, -0.05) is 48.0 Å². The maximum absolute atomic E-state index is 13.4. The van der Waals surface area contributed by atoms with Gasteiger partial charge in [-0.25, -0.2) is 13.9 Å². The summed E-state index contributed by atoms with van der Waals surface area (Å²) in [4.78, 5) is 50.8. The third kappa shape index (κ3) is 2.75. The number of pyridine rings is 1. The Morgan fingerprint density at radius 3 is 1.83 bits per heavy atom. The lowest BCUT2D eigenvalue weighted by molar-refractivity contribution is 0.112. The first-order valence-corrected chi connectivity index (χ1v) is 9.01. The number of rotatable bonds is 3. The number of hydrogen-bond donors (Lipinski definition) is 0. The molecule has 4 rings (SSSR count). The SMILES string of the molecule is Cn1c(=O)c(C=O)c(Cl)c2c(=O)n(-c3ccccc3)c(=O)n(-c3ccccc3)c21. The lowest BCUT2D eigenvalue weighted by Gasteiger charge is -2.17. The van der Waals surface area contributed by atoms with E-state index < -0.39 is 16.8 Å². The van der Waals surface area contributed by atoms with Gasteiger partial charge in [0.2, 0.25) is 0 Å². The highest BCUT2D eigenvalue weighted by Gasteiger charge is 2.23. The Morgan fingerprint density at radius 1 is 0.793 bits per heavy atom. The molecular formula is C21H14ClN3O4. The quantitative estimate of drug-likeness (QED) is 0.488. The number of benzene rings is 2. The fraction of sp³-hybridized carbons (Fsp3) is 0.0476. The molecule has 8 heteroatoms. The molecule has 0 spiro atoms. The van der Waals surface area contributed by atoms with Gasteiger partial charge in [0.05, 0.1) is 22.0 Å². The summed E-state index contributed by atoms with van der Waals surface area (Å²) in [7, 11) is 1.39. The van der Waals surface area contributed by atoms with Crippen molar-refractivity contribution < 1.29 is 4.79 Å². The Hall–Kier alpha value is -3.71. The number of aryl methyl sites for hydroxylation is 1. The van der Waals surface area contributed by atoms with Crippen molar-refractivity contribution >= 4 is 28.9 Å². The van der Waals surface area contributed by atoms with Crippen LogP contribution in [-0.4, -0.2) is 20.0 Å². The molecule has 2 heterocycles. The van der Waals surface area contributed by atoms with Gasteiger partial charge in [-0.05, 0) is 24.3 Å². The molecule has 0 N–H and O–H groups in total. The first-order chi connectivity index (χ1) is 14.0. The monoisotopic (exact) mass is 407 g/mol. The molecule has 4 aromatic rings. The first kappa shape index (κ1) is 18.6. The van der Waals surface area contributed by atoms with Crippen molar-refractivity contribution in [3.8, 4) is 11.4 Å². The molecule has 29 heavy (non-hydrogen) atoms. The standard InChI is InChI=1S/C21H14ClN3O4/c1-23-18-16(17(22)15(12-26)19(23)27)20(28)25(14-10-6-3-7-11-14)21(29)24(18)13-8-4-2-5-9-13/h2-12H,1H3. The molecule has 0 aliphatic heterocycles. The normalized spacial score (nSPS) is 11.0. The Morgan fingerprint density at radius 2 is 1.31 bits per heavy atom. The molecule has 0 fully saturated rings. The Kier molecular flexibility index (Phi) is 4.52. The molecule has 7 nitrogen and oxygen atoms in total. The highest BCUT2D eigenvalue weighted by molar-refractivity contribution is 6.37. The highest BCUT2D eigenvalue weighted by atomic mass is 35.5. The zero-order valence-corrected chi connectivity index (χ0v) is 16.0. The second kappa shape index (κ2) is 7.03. The van der Waals surface area contributed by atoms with E-state index in [0.717, 1.165) is 9.13 Å². The van der Waals surface area contributed by atoms with Crippen LogP contribution >= 0.6 is 11.6 Å². The van der Waals surface area contributed by atoms with Crippen LogP contribution in [-0.2, 0) is 7.05 Å². The van der Waals surface area contributed by atoms with Crippen LogP contribution < -0.4 is 16.8 Å². The third-order valence-corrected chi connectivity index (χ3v) is 5.08. The van der Waals surface area contributed by atoms with Gasteiger partial charge in [0, 0.05) is 7.05 Å². The van der Waals surface area contributed by atoms with Gasteiger partial charge in [0.25, 0.3) is 11.1 Å². The van der Waals surface area contributed by atoms with E-state index in [-0.39, 0.29) is 21.6 Å². The van der Waals surface area contributed by atoms with Gasteiger partial charge in [0.1, 0.15) is 11.0 Å². The van der Waals surface area contributed by atoms with Gasteiger partial charge in [-0.2, -0.15) is 0 Å². The van der Waals surface area contributed by atoms with Gasteiger partial charge < -0.3 is 0 Å². The van der Waals surface area contributed by atoms with Crippen LogP contribution in [0, 0.1) is 0 Å². The number of nitrogens with zero attached hydrogens (tertiary/aromatic N) is 3. The molecule has 0 aliphatic carbocycles. The molecule has 0 saturated heterocycles. The van der Waals surface area contributed by atoms with Crippen molar-refractivity contribution in [1.82, 2.24) is 13.7 Å². The fourth-order valence-electron chi connectivity index (χ4n) is 3.33. The molecule has 0 aliphatic rings. The molecule has 144 valence electrons.